The van der Waals surface area contributed by atoms with Crippen LogP contribution >= 0.6 is 15.9 Å². The van der Waals surface area contributed by atoms with Crippen LogP contribution in [0.15, 0.2) is 16.6 Å². The van der Waals surface area contributed by atoms with Crippen molar-refractivity contribution in [3.8, 4) is 0 Å². The van der Waals surface area contributed by atoms with Crippen LogP contribution in [0.5, 0.6) is 0 Å². The summed E-state index contributed by atoms with van der Waals surface area (Å²) < 4.78 is 18.9. The zero-order valence-electron chi connectivity index (χ0n) is 8.87. The molecule has 1 unspecified atom stereocenters. The third kappa shape index (κ3) is 1.91. The number of carbonyl (C=O) groups is 1. The first-order chi connectivity index (χ1) is 7.97. The summed E-state index contributed by atoms with van der Waals surface area (Å²) >= 11 is 3.12. The van der Waals surface area contributed by atoms with Gasteiger partial charge in [0, 0.05) is 11.1 Å². The van der Waals surface area contributed by atoms with Gasteiger partial charge >= 0.3 is 5.97 Å². The predicted octanol–water partition coefficient (Wildman–Crippen LogP) is 1.91. The normalized spacial score (nSPS) is 23.9. The van der Waals surface area contributed by atoms with Gasteiger partial charge in [-0.25, -0.2) is 4.39 Å². The van der Waals surface area contributed by atoms with Crippen molar-refractivity contribution in [2.75, 3.05) is 18.9 Å². The van der Waals surface area contributed by atoms with Gasteiger partial charge in [0.1, 0.15) is 11.2 Å². The fourth-order valence-corrected chi connectivity index (χ4v) is 2.47. The molecule has 1 aromatic carbocycles. The van der Waals surface area contributed by atoms with E-state index in [9.17, 15) is 14.3 Å². The average molecular weight is 304 g/mol. The maximum Gasteiger partial charge on any atom is 0.316 e. The summed E-state index contributed by atoms with van der Waals surface area (Å²) in [5.74, 6) is -1.56. The van der Waals surface area contributed by atoms with Crippen molar-refractivity contribution in [3.05, 3.63) is 28.0 Å². The number of nitrogen functional groups attached to an aromatic ring is 1. The number of carboxylic acid groups (broad SMARTS) is 1. The van der Waals surface area contributed by atoms with Gasteiger partial charge in [0.15, 0.2) is 0 Å². The van der Waals surface area contributed by atoms with Crippen LogP contribution in [0.4, 0.5) is 10.1 Å². The van der Waals surface area contributed by atoms with Crippen LogP contribution in [0, 0.1) is 5.82 Å². The Bertz CT molecular complexity index is 472. The van der Waals surface area contributed by atoms with E-state index in [0.717, 1.165) is 0 Å². The van der Waals surface area contributed by atoms with Crippen molar-refractivity contribution in [2.24, 2.45) is 0 Å². The van der Waals surface area contributed by atoms with E-state index in [1.54, 1.807) is 0 Å². The Morgan fingerprint density at radius 2 is 2.29 bits per heavy atom. The number of anilines is 1. The maximum absolute atomic E-state index is 13.4. The Labute approximate surface area is 106 Å². The minimum atomic E-state index is -1.24. The van der Waals surface area contributed by atoms with Gasteiger partial charge in [-0.3, -0.25) is 4.79 Å². The van der Waals surface area contributed by atoms with E-state index < -0.39 is 17.2 Å². The number of hydrogen-bond donors (Lipinski definition) is 2. The third-order valence-electron chi connectivity index (χ3n) is 3.04. The molecule has 0 saturated carbocycles. The quantitative estimate of drug-likeness (QED) is 0.819. The number of hydrogen-bond acceptors (Lipinski definition) is 3. The topological polar surface area (TPSA) is 72.6 Å². The number of benzene rings is 1. The summed E-state index contributed by atoms with van der Waals surface area (Å²) in [5.41, 5.74) is 5.10. The van der Waals surface area contributed by atoms with Crippen LogP contribution in [0.25, 0.3) is 0 Å². The second kappa shape index (κ2) is 4.27. The molecule has 1 fully saturated rings. The Morgan fingerprint density at radius 1 is 1.59 bits per heavy atom. The zero-order valence-corrected chi connectivity index (χ0v) is 10.5. The summed E-state index contributed by atoms with van der Waals surface area (Å²) in [5, 5.41) is 9.35. The molecule has 0 bridgehead atoms. The van der Waals surface area contributed by atoms with Gasteiger partial charge in [-0.15, -0.1) is 0 Å². The molecule has 0 spiro atoms. The molecule has 1 heterocycles. The second-order valence-electron chi connectivity index (χ2n) is 4.04. The number of aliphatic carboxylic acids is 1. The molecule has 4 nitrogen and oxygen atoms in total. The molecule has 0 radical (unpaired) electrons. The summed E-state index contributed by atoms with van der Waals surface area (Å²) in [7, 11) is 0. The van der Waals surface area contributed by atoms with Crippen LogP contribution < -0.4 is 5.73 Å². The van der Waals surface area contributed by atoms with Crippen molar-refractivity contribution in [1.29, 1.82) is 0 Å². The molecule has 0 amide bonds. The average Bonchev–Trinajstić information content (AvgIpc) is 2.73. The number of rotatable bonds is 2. The summed E-state index contributed by atoms with van der Waals surface area (Å²) in [6.45, 7) is 0.350. The van der Waals surface area contributed by atoms with Crippen LogP contribution in [-0.2, 0) is 14.9 Å². The number of ether oxygens (including phenoxy) is 1. The van der Waals surface area contributed by atoms with Crippen LogP contribution in [0.2, 0.25) is 0 Å². The Hall–Kier alpha value is -1.14. The van der Waals surface area contributed by atoms with E-state index >= 15 is 0 Å². The van der Waals surface area contributed by atoms with Gasteiger partial charge in [-0.1, -0.05) is 0 Å². The summed E-state index contributed by atoms with van der Waals surface area (Å²) in [6, 6.07) is 2.38. The summed E-state index contributed by atoms with van der Waals surface area (Å²) in [6.07, 6.45) is 0.294. The van der Waals surface area contributed by atoms with Gasteiger partial charge < -0.3 is 15.6 Å². The molecular formula is C11H11BrFNO3. The van der Waals surface area contributed by atoms with Gasteiger partial charge in [-0.2, -0.15) is 0 Å². The largest absolute Gasteiger partial charge is 0.481 e. The first-order valence-corrected chi connectivity index (χ1v) is 5.83. The smallest absolute Gasteiger partial charge is 0.316 e. The molecule has 0 aliphatic carbocycles. The Morgan fingerprint density at radius 3 is 2.82 bits per heavy atom. The highest BCUT2D eigenvalue weighted by atomic mass is 79.9. The van der Waals surface area contributed by atoms with Crippen LogP contribution in [0.3, 0.4) is 0 Å². The van der Waals surface area contributed by atoms with Crippen LogP contribution in [0.1, 0.15) is 12.0 Å². The monoisotopic (exact) mass is 303 g/mol. The lowest BCUT2D eigenvalue weighted by Crippen LogP contribution is -2.37. The molecule has 1 saturated heterocycles. The predicted molar refractivity (Wildman–Crippen MR) is 63.3 cm³/mol. The minimum Gasteiger partial charge on any atom is -0.481 e. The first-order valence-electron chi connectivity index (χ1n) is 5.03. The molecule has 1 aliphatic heterocycles. The van der Waals surface area contributed by atoms with Gasteiger partial charge in [0.05, 0.1) is 12.3 Å². The minimum absolute atomic E-state index is 0.0163. The second-order valence-corrected chi connectivity index (χ2v) is 4.89. The highest BCUT2D eigenvalue weighted by Gasteiger charge is 2.46. The highest BCUT2D eigenvalue weighted by molar-refractivity contribution is 9.10. The van der Waals surface area contributed by atoms with E-state index in [2.05, 4.69) is 15.9 Å². The van der Waals surface area contributed by atoms with E-state index in [4.69, 9.17) is 10.5 Å². The van der Waals surface area contributed by atoms with Crippen molar-refractivity contribution in [2.45, 2.75) is 11.8 Å². The van der Waals surface area contributed by atoms with Gasteiger partial charge in [0.2, 0.25) is 0 Å². The zero-order chi connectivity index (χ0) is 12.6. The fraction of sp³-hybridized carbons (Fsp3) is 0.364. The lowest BCUT2D eigenvalue weighted by Gasteiger charge is -2.24. The van der Waals surface area contributed by atoms with E-state index in [1.807, 2.05) is 0 Å². The fourth-order valence-electron chi connectivity index (χ4n) is 2.04. The molecule has 3 N–H and O–H groups in total. The SMILES string of the molecule is Nc1c(Br)cc(F)cc1C1(C(=O)O)CCOC1. The molecule has 92 valence electrons. The van der Waals surface area contributed by atoms with Crippen molar-refractivity contribution < 1.29 is 19.0 Å². The lowest BCUT2D eigenvalue weighted by molar-refractivity contribution is -0.143. The summed E-state index contributed by atoms with van der Waals surface area (Å²) in [4.78, 5) is 11.4. The van der Waals surface area contributed by atoms with Crippen LogP contribution in [-0.4, -0.2) is 24.3 Å². The molecule has 0 aromatic heterocycles. The molecule has 17 heavy (non-hydrogen) atoms. The first kappa shape index (κ1) is 12.3. The third-order valence-corrected chi connectivity index (χ3v) is 3.70. The molecule has 2 rings (SSSR count). The number of halogens is 2. The highest BCUT2D eigenvalue weighted by Crippen LogP contribution is 2.39. The van der Waals surface area contributed by atoms with Crippen molar-refractivity contribution >= 4 is 27.6 Å². The lowest BCUT2D eigenvalue weighted by atomic mass is 9.79. The van der Waals surface area contributed by atoms with Crippen molar-refractivity contribution in [1.82, 2.24) is 0 Å². The van der Waals surface area contributed by atoms with E-state index in [0.29, 0.717) is 17.5 Å². The molecule has 1 atom stereocenters. The molecular weight excluding hydrogens is 293 g/mol. The number of nitrogens with two attached hydrogens (primary N) is 1. The van der Waals surface area contributed by atoms with Gasteiger partial charge in [0.25, 0.3) is 0 Å². The van der Waals surface area contributed by atoms with Gasteiger partial charge in [-0.05, 0) is 40.0 Å². The Balaban J connectivity index is 2.62. The van der Waals surface area contributed by atoms with E-state index in [1.165, 1.54) is 12.1 Å². The maximum atomic E-state index is 13.4. The standard InChI is InChI=1S/C11H11BrFNO3/c12-8-4-6(13)3-7(9(8)14)11(10(15)16)1-2-17-5-11/h3-4H,1-2,5,14H2,(H,15,16). The number of carboxylic acids is 1. The van der Waals surface area contributed by atoms with E-state index in [-0.39, 0.29) is 17.9 Å². The molecule has 1 aliphatic rings. The molecule has 1 aromatic rings. The Kier molecular flexibility index (Phi) is 3.09. The van der Waals surface area contributed by atoms with Crippen molar-refractivity contribution in [3.63, 3.8) is 0 Å². The molecule has 6 heteroatoms.